The molecule has 1 saturated heterocycles. The third-order valence-electron chi connectivity index (χ3n) is 4.24. The lowest BCUT2D eigenvalue weighted by molar-refractivity contribution is -0.0494. The highest BCUT2D eigenvalue weighted by Crippen LogP contribution is 2.28. The number of methoxy groups -OCH3 is 1. The Morgan fingerprint density at radius 3 is 2.50 bits per heavy atom. The van der Waals surface area contributed by atoms with E-state index >= 15 is 0 Å². The van der Waals surface area contributed by atoms with Crippen LogP contribution >= 0.6 is 24.0 Å². The van der Waals surface area contributed by atoms with E-state index < -0.39 is 15.5 Å². The van der Waals surface area contributed by atoms with E-state index in [-0.39, 0.29) is 55.9 Å². The molecule has 12 heteroatoms. The number of benzene rings is 1. The lowest BCUT2D eigenvalue weighted by Gasteiger charge is -2.32. The average molecular weight is 536 g/mol. The first-order valence-electron chi connectivity index (χ1n) is 8.34. The minimum Gasteiger partial charge on any atom is -0.497 e. The maximum absolute atomic E-state index is 12.6. The molecule has 0 saturated carbocycles. The van der Waals surface area contributed by atoms with Crippen molar-refractivity contribution >= 4 is 40.0 Å². The van der Waals surface area contributed by atoms with Gasteiger partial charge < -0.3 is 15.4 Å². The minimum atomic E-state index is -5.26. The van der Waals surface area contributed by atoms with Gasteiger partial charge in [0.2, 0.25) is 0 Å². The average Bonchev–Trinajstić information content (AvgIpc) is 2.64. The molecule has 7 nitrogen and oxygen atoms in total. The highest BCUT2D eigenvalue weighted by molar-refractivity contribution is 14.0. The number of guanidine groups is 1. The number of halogens is 4. The summed E-state index contributed by atoms with van der Waals surface area (Å²) in [6, 6.07) is 7.33. The van der Waals surface area contributed by atoms with Crippen LogP contribution in [0.1, 0.15) is 18.4 Å². The van der Waals surface area contributed by atoms with E-state index in [0.29, 0.717) is 16.8 Å². The maximum Gasteiger partial charge on any atom is 0.511 e. The smallest absolute Gasteiger partial charge is 0.497 e. The van der Waals surface area contributed by atoms with Crippen LogP contribution in [0.3, 0.4) is 0 Å². The molecule has 28 heavy (non-hydrogen) atoms. The Kier molecular flexibility index (Phi) is 9.27. The Bertz CT molecular complexity index is 767. The molecular formula is C16H24F3IN4O3S. The summed E-state index contributed by atoms with van der Waals surface area (Å²) in [5.74, 6) is 1.23. The molecule has 0 atom stereocenters. The van der Waals surface area contributed by atoms with Crippen LogP contribution in [-0.2, 0) is 16.6 Å². The standard InChI is InChI=1S/C16H23F3N4O3S.HI/c1-20-15(21-11-12-4-3-5-14(10-12)26-2)22-13-6-8-23(9-7-13)27(24,25)16(17,18)19;/h3-5,10,13H,6-9,11H2,1-2H3,(H2,20,21,22);1H. The fraction of sp³-hybridized carbons (Fsp3) is 0.562. The molecule has 0 aromatic heterocycles. The van der Waals surface area contributed by atoms with Gasteiger partial charge in [-0.05, 0) is 30.5 Å². The van der Waals surface area contributed by atoms with Gasteiger partial charge in [-0.2, -0.15) is 17.5 Å². The second kappa shape index (κ2) is 10.5. The second-order valence-electron chi connectivity index (χ2n) is 6.05. The Hall–Kier alpha value is -1.28. The monoisotopic (exact) mass is 536 g/mol. The van der Waals surface area contributed by atoms with E-state index in [2.05, 4.69) is 15.6 Å². The Labute approximate surface area is 179 Å². The summed E-state index contributed by atoms with van der Waals surface area (Å²) in [6.45, 7) is 0.108. The number of piperidine rings is 1. The van der Waals surface area contributed by atoms with Crippen LogP contribution in [-0.4, -0.2) is 57.5 Å². The van der Waals surface area contributed by atoms with E-state index in [9.17, 15) is 21.6 Å². The number of hydrogen-bond acceptors (Lipinski definition) is 4. The van der Waals surface area contributed by atoms with Gasteiger partial charge in [0, 0.05) is 32.7 Å². The third-order valence-corrected chi connectivity index (χ3v) is 5.87. The van der Waals surface area contributed by atoms with Crippen LogP contribution in [0.5, 0.6) is 5.75 Å². The quantitative estimate of drug-likeness (QED) is 0.343. The highest BCUT2D eigenvalue weighted by atomic mass is 127. The molecule has 0 aliphatic carbocycles. The molecule has 1 aromatic carbocycles. The van der Waals surface area contributed by atoms with Gasteiger partial charge in [0.25, 0.3) is 0 Å². The van der Waals surface area contributed by atoms with Gasteiger partial charge in [-0.25, -0.2) is 8.42 Å². The first kappa shape index (κ1) is 24.8. The number of rotatable bonds is 5. The fourth-order valence-corrected chi connectivity index (χ4v) is 3.73. The molecule has 2 N–H and O–H groups in total. The summed E-state index contributed by atoms with van der Waals surface area (Å²) in [5.41, 5.74) is -4.29. The predicted octanol–water partition coefficient (Wildman–Crippen LogP) is 2.29. The zero-order chi connectivity index (χ0) is 20.1. The van der Waals surface area contributed by atoms with Crippen LogP contribution in [0.15, 0.2) is 29.3 Å². The largest absolute Gasteiger partial charge is 0.511 e. The lowest BCUT2D eigenvalue weighted by atomic mass is 10.1. The number of ether oxygens (including phenoxy) is 1. The summed E-state index contributed by atoms with van der Waals surface area (Å²) in [6.07, 6.45) is 0.518. The Balaban J connectivity index is 0.00000392. The van der Waals surface area contributed by atoms with Crippen molar-refractivity contribution in [2.24, 2.45) is 4.99 Å². The van der Waals surface area contributed by atoms with Crippen LogP contribution in [0, 0.1) is 0 Å². The summed E-state index contributed by atoms with van der Waals surface area (Å²) in [4.78, 5) is 4.10. The molecule has 0 amide bonds. The number of nitrogens with zero attached hydrogens (tertiary/aromatic N) is 2. The first-order valence-corrected chi connectivity index (χ1v) is 9.78. The number of nitrogens with one attached hydrogen (secondary N) is 2. The van der Waals surface area contributed by atoms with Crippen molar-refractivity contribution < 1.29 is 26.3 Å². The Morgan fingerprint density at radius 2 is 1.96 bits per heavy atom. The van der Waals surface area contributed by atoms with Gasteiger partial charge in [0.1, 0.15) is 5.75 Å². The number of hydrogen-bond donors (Lipinski definition) is 2. The van der Waals surface area contributed by atoms with Crippen molar-refractivity contribution in [2.75, 3.05) is 27.2 Å². The van der Waals surface area contributed by atoms with Crippen LogP contribution in [0.2, 0.25) is 0 Å². The molecular weight excluding hydrogens is 512 g/mol. The van der Waals surface area contributed by atoms with E-state index in [1.807, 2.05) is 24.3 Å². The molecule has 0 bridgehead atoms. The second-order valence-corrected chi connectivity index (χ2v) is 7.98. The maximum atomic E-state index is 12.6. The van der Waals surface area contributed by atoms with Crippen molar-refractivity contribution in [1.29, 1.82) is 0 Å². The molecule has 1 fully saturated rings. The van der Waals surface area contributed by atoms with Crippen LogP contribution in [0.25, 0.3) is 0 Å². The van der Waals surface area contributed by atoms with Crippen LogP contribution < -0.4 is 15.4 Å². The van der Waals surface area contributed by atoms with Crippen molar-refractivity contribution in [1.82, 2.24) is 14.9 Å². The SMILES string of the molecule is CN=C(NCc1cccc(OC)c1)NC1CCN(S(=O)(=O)C(F)(F)F)CC1.I. The number of alkyl halides is 3. The molecule has 1 aliphatic rings. The Morgan fingerprint density at radius 1 is 1.32 bits per heavy atom. The fourth-order valence-electron chi connectivity index (χ4n) is 2.74. The van der Waals surface area contributed by atoms with E-state index in [1.54, 1.807) is 14.2 Å². The van der Waals surface area contributed by atoms with Crippen molar-refractivity contribution in [3.05, 3.63) is 29.8 Å². The zero-order valence-electron chi connectivity index (χ0n) is 15.5. The first-order chi connectivity index (χ1) is 12.7. The number of aliphatic imine (C=N–C) groups is 1. The summed E-state index contributed by atoms with van der Waals surface area (Å²) < 4.78 is 66.4. The van der Waals surface area contributed by atoms with Gasteiger partial charge in [0.15, 0.2) is 5.96 Å². The molecule has 1 heterocycles. The van der Waals surface area contributed by atoms with Crippen LogP contribution in [0.4, 0.5) is 13.2 Å². The third kappa shape index (κ3) is 6.37. The van der Waals surface area contributed by atoms with E-state index in [4.69, 9.17) is 4.74 Å². The van der Waals surface area contributed by atoms with Crippen molar-refractivity contribution in [3.63, 3.8) is 0 Å². The van der Waals surface area contributed by atoms with Gasteiger partial charge >= 0.3 is 15.5 Å². The predicted molar refractivity (Wildman–Crippen MR) is 111 cm³/mol. The van der Waals surface area contributed by atoms with Gasteiger partial charge in [-0.15, -0.1) is 24.0 Å². The van der Waals surface area contributed by atoms with Crippen molar-refractivity contribution in [3.8, 4) is 5.75 Å². The number of sulfonamides is 1. The molecule has 0 spiro atoms. The summed E-state index contributed by atoms with van der Waals surface area (Å²) in [7, 11) is -2.09. The molecule has 0 radical (unpaired) electrons. The van der Waals surface area contributed by atoms with Gasteiger partial charge in [0.05, 0.1) is 7.11 Å². The summed E-state index contributed by atoms with van der Waals surface area (Å²) >= 11 is 0. The molecule has 1 aromatic rings. The normalized spacial score (nSPS) is 17.0. The molecule has 1 aliphatic heterocycles. The molecule has 0 unspecified atom stereocenters. The lowest BCUT2D eigenvalue weighted by Crippen LogP contribution is -2.51. The topological polar surface area (TPSA) is 83.0 Å². The minimum absolute atomic E-state index is 0. The van der Waals surface area contributed by atoms with Gasteiger partial charge in [-0.1, -0.05) is 12.1 Å². The van der Waals surface area contributed by atoms with Crippen molar-refractivity contribution in [2.45, 2.75) is 30.9 Å². The summed E-state index contributed by atoms with van der Waals surface area (Å²) in [5, 5.41) is 6.24. The van der Waals surface area contributed by atoms with Gasteiger partial charge in [-0.3, -0.25) is 4.99 Å². The molecule has 2 rings (SSSR count). The molecule has 160 valence electrons. The van der Waals surface area contributed by atoms with E-state index in [1.165, 1.54) is 0 Å². The highest BCUT2D eigenvalue weighted by Gasteiger charge is 2.50. The zero-order valence-corrected chi connectivity index (χ0v) is 18.6. The van der Waals surface area contributed by atoms with E-state index in [0.717, 1.165) is 11.3 Å².